The number of amides is 1. The van der Waals surface area contributed by atoms with Crippen molar-refractivity contribution in [2.24, 2.45) is 0 Å². The van der Waals surface area contributed by atoms with E-state index in [1.165, 1.54) is 19.6 Å². The maximum Gasteiger partial charge on any atom is 0.254 e. The fraction of sp³-hybridized carbons (Fsp3) is 0.267. The number of carbonyl (C=O) groups is 1. The third kappa shape index (κ3) is 3.55. The van der Waals surface area contributed by atoms with Crippen LogP contribution in [0.4, 0.5) is 0 Å². The topological polar surface area (TPSA) is 80.9 Å². The predicted molar refractivity (Wildman–Crippen MR) is 75.5 cm³/mol. The zero-order valence-electron chi connectivity index (χ0n) is 11.8. The van der Waals surface area contributed by atoms with Gasteiger partial charge in [0.25, 0.3) is 5.91 Å². The van der Waals surface area contributed by atoms with Crippen molar-refractivity contribution in [2.75, 3.05) is 20.8 Å². The van der Waals surface area contributed by atoms with Gasteiger partial charge in [-0.25, -0.2) is 0 Å². The molecule has 0 bridgehead atoms. The predicted octanol–water partition coefficient (Wildman–Crippen LogP) is 1.76. The molecule has 2 rings (SSSR count). The van der Waals surface area contributed by atoms with E-state index in [0.29, 0.717) is 22.6 Å². The van der Waals surface area contributed by atoms with Gasteiger partial charge in [0.05, 0.1) is 32.2 Å². The highest BCUT2D eigenvalue weighted by molar-refractivity contribution is 5.93. The van der Waals surface area contributed by atoms with Crippen LogP contribution >= 0.6 is 0 Å². The van der Waals surface area contributed by atoms with E-state index in [-0.39, 0.29) is 12.5 Å². The van der Waals surface area contributed by atoms with Gasteiger partial charge in [-0.3, -0.25) is 4.79 Å². The second-order valence-electron chi connectivity index (χ2n) is 4.35. The lowest BCUT2D eigenvalue weighted by molar-refractivity contribution is 0.0915. The average molecular weight is 291 g/mol. The number of carbonyl (C=O) groups excluding carboxylic acids is 1. The van der Waals surface area contributed by atoms with Crippen LogP contribution in [0.5, 0.6) is 11.5 Å². The fourth-order valence-corrected chi connectivity index (χ4v) is 1.86. The number of furan rings is 1. The minimum absolute atomic E-state index is 0.0828. The lowest BCUT2D eigenvalue weighted by Crippen LogP contribution is -2.28. The molecule has 1 unspecified atom stereocenters. The Morgan fingerprint density at radius 1 is 1.29 bits per heavy atom. The molecule has 21 heavy (non-hydrogen) atoms. The number of aliphatic hydroxyl groups excluding tert-OH is 1. The average Bonchev–Trinajstić information content (AvgIpc) is 3.06. The van der Waals surface area contributed by atoms with Crippen LogP contribution in [0.25, 0.3) is 0 Å². The van der Waals surface area contributed by atoms with Crippen molar-refractivity contribution < 1.29 is 23.8 Å². The van der Waals surface area contributed by atoms with Crippen LogP contribution < -0.4 is 14.8 Å². The van der Waals surface area contributed by atoms with E-state index in [1.807, 2.05) is 0 Å². The SMILES string of the molecule is COc1ccc(C(O)CNC(=O)c2ccoc2)cc1OC. The van der Waals surface area contributed by atoms with Gasteiger partial charge in [-0.15, -0.1) is 0 Å². The summed E-state index contributed by atoms with van der Waals surface area (Å²) in [5.74, 6) is 0.800. The molecular formula is C15H17NO5. The Hall–Kier alpha value is -2.47. The maximum absolute atomic E-state index is 11.7. The number of hydrogen-bond donors (Lipinski definition) is 2. The first-order valence-corrected chi connectivity index (χ1v) is 6.36. The van der Waals surface area contributed by atoms with Crippen molar-refractivity contribution in [3.05, 3.63) is 47.9 Å². The Morgan fingerprint density at radius 3 is 2.67 bits per heavy atom. The summed E-state index contributed by atoms with van der Waals surface area (Å²) in [4.78, 5) is 11.7. The highest BCUT2D eigenvalue weighted by Crippen LogP contribution is 2.29. The molecule has 6 nitrogen and oxygen atoms in total. The highest BCUT2D eigenvalue weighted by Gasteiger charge is 2.14. The van der Waals surface area contributed by atoms with Crippen LogP contribution in [0, 0.1) is 0 Å². The molecule has 112 valence electrons. The molecule has 1 atom stereocenters. The monoisotopic (exact) mass is 291 g/mol. The lowest BCUT2D eigenvalue weighted by atomic mass is 10.1. The number of methoxy groups -OCH3 is 2. The zero-order valence-corrected chi connectivity index (χ0v) is 11.8. The summed E-state index contributed by atoms with van der Waals surface area (Å²) in [7, 11) is 3.06. The van der Waals surface area contributed by atoms with Gasteiger partial charge in [0.1, 0.15) is 6.26 Å². The highest BCUT2D eigenvalue weighted by atomic mass is 16.5. The van der Waals surface area contributed by atoms with Gasteiger partial charge in [-0.1, -0.05) is 6.07 Å². The van der Waals surface area contributed by atoms with Crippen LogP contribution in [0.15, 0.2) is 41.2 Å². The van der Waals surface area contributed by atoms with E-state index in [2.05, 4.69) is 5.32 Å². The number of hydrogen-bond acceptors (Lipinski definition) is 5. The minimum Gasteiger partial charge on any atom is -0.493 e. The molecular weight excluding hydrogens is 274 g/mol. The summed E-state index contributed by atoms with van der Waals surface area (Å²) < 4.78 is 15.1. The van der Waals surface area contributed by atoms with Crippen LogP contribution in [-0.4, -0.2) is 31.8 Å². The van der Waals surface area contributed by atoms with E-state index in [1.54, 1.807) is 31.4 Å². The Balaban J connectivity index is 2.00. The van der Waals surface area contributed by atoms with Gasteiger partial charge in [0.2, 0.25) is 0 Å². The number of nitrogens with one attached hydrogen (secondary N) is 1. The Bertz CT molecular complexity index is 594. The van der Waals surface area contributed by atoms with Crippen LogP contribution in [0.1, 0.15) is 22.0 Å². The molecule has 0 spiro atoms. The van der Waals surface area contributed by atoms with Crippen LogP contribution in [0.2, 0.25) is 0 Å². The van der Waals surface area contributed by atoms with E-state index in [4.69, 9.17) is 13.9 Å². The third-order valence-electron chi connectivity index (χ3n) is 3.03. The first kappa shape index (κ1) is 14.9. The number of rotatable bonds is 6. The summed E-state index contributed by atoms with van der Waals surface area (Å²) in [5.41, 5.74) is 1.04. The summed E-state index contributed by atoms with van der Waals surface area (Å²) in [5, 5.41) is 12.7. The third-order valence-corrected chi connectivity index (χ3v) is 3.03. The molecule has 6 heteroatoms. The Labute approximate surface area is 122 Å². The first-order valence-electron chi connectivity index (χ1n) is 6.36. The molecule has 0 fully saturated rings. The van der Waals surface area contributed by atoms with Gasteiger partial charge < -0.3 is 24.3 Å². The summed E-state index contributed by atoms with van der Waals surface area (Å²) in [6, 6.07) is 6.65. The van der Waals surface area contributed by atoms with Crippen LogP contribution in [-0.2, 0) is 0 Å². The van der Waals surface area contributed by atoms with Crippen molar-refractivity contribution >= 4 is 5.91 Å². The smallest absolute Gasteiger partial charge is 0.254 e. The van der Waals surface area contributed by atoms with Crippen LogP contribution in [0.3, 0.4) is 0 Å². The Kier molecular flexibility index (Phi) is 4.84. The second kappa shape index (κ2) is 6.81. The van der Waals surface area contributed by atoms with Crippen molar-refractivity contribution in [3.8, 4) is 11.5 Å². The first-order chi connectivity index (χ1) is 10.2. The molecule has 0 saturated carbocycles. The van der Waals surface area contributed by atoms with E-state index in [0.717, 1.165) is 0 Å². The van der Waals surface area contributed by atoms with Crippen molar-refractivity contribution in [2.45, 2.75) is 6.10 Å². The molecule has 1 aromatic carbocycles. The molecule has 0 aliphatic heterocycles. The van der Waals surface area contributed by atoms with E-state index in [9.17, 15) is 9.90 Å². The molecule has 2 aromatic rings. The number of benzene rings is 1. The summed E-state index contributed by atoms with van der Waals surface area (Å²) >= 11 is 0. The summed E-state index contributed by atoms with van der Waals surface area (Å²) in [6.07, 6.45) is 1.92. The molecule has 1 aromatic heterocycles. The van der Waals surface area contributed by atoms with E-state index >= 15 is 0 Å². The van der Waals surface area contributed by atoms with Gasteiger partial charge >= 0.3 is 0 Å². The molecule has 0 aliphatic carbocycles. The molecule has 0 saturated heterocycles. The van der Waals surface area contributed by atoms with Crippen molar-refractivity contribution in [3.63, 3.8) is 0 Å². The quantitative estimate of drug-likeness (QED) is 0.847. The fourth-order valence-electron chi connectivity index (χ4n) is 1.86. The molecule has 1 amide bonds. The second-order valence-corrected chi connectivity index (χ2v) is 4.35. The normalized spacial score (nSPS) is 11.8. The minimum atomic E-state index is -0.847. The molecule has 0 aliphatic rings. The van der Waals surface area contributed by atoms with Crippen molar-refractivity contribution in [1.29, 1.82) is 0 Å². The largest absolute Gasteiger partial charge is 0.493 e. The Morgan fingerprint density at radius 2 is 2.05 bits per heavy atom. The molecule has 2 N–H and O–H groups in total. The van der Waals surface area contributed by atoms with E-state index < -0.39 is 6.10 Å². The molecule has 1 heterocycles. The lowest BCUT2D eigenvalue weighted by Gasteiger charge is -2.14. The number of aliphatic hydroxyl groups is 1. The van der Waals surface area contributed by atoms with Gasteiger partial charge in [0, 0.05) is 6.54 Å². The van der Waals surface area contributed by atoms with Gasteiger partial charge in [0.15, 0.2) is 11.5 Å². The van der Waals surface area contributed by atoms with Gasteiger partial charge in [-0.05, 0) is 23.8 Å². The van der Waals surface area contributed by atoms with Crippen molar-refractivity contribution in [1.82, 2.24) is 5.32 Å². The number of ether oxygens (including phenoxy) is 2. The summed E-state index contributed by atoms with van der Waals surface area (Å²) in [6.45, 7) is 0.0828. The standard InChI is InChI=1S/C15H17NO5/c1-19-13-4-3-10(7-14(13)20-2)12(17)8-16-15(18)11-5-6-21-9-11/h3-7,9,12,17H,8H2,1-2H3,(H,16,18). The molecule has 0 radical (unpaired) electrons. The maximum atomic E-state index is 11.7. The van der Waals surface area contributed by atoms with Gasteiger partial charge in [-0.2, -0.15) is 0 Å². The zero-order chi connectivity index (χ0) is 15.2.